The van der Waals surface area contributed by atoms with E-state index in [0.29, 0.717) is 38.0 Å². The molecule has 0 saturated carbocycles. The Morgan fingerprint density at radius 2 is 2.41 bits per heavy atom. The molecule has 1 aromatic rings. The third kappa shape index (κ3) is 2.23. The van der Waals surface area contributed by atoms with Crippen LogP contribution in [0, 0.1) is 5.41 Å². The van der Waals surface area contributed by atoms with Crippen molar-refractivity contribution in [1.82, 2.24) is 15.5 Å². The molecule has 0 spiro atoms. The Morgan fingerprint density at radius 3 is 3.00 bits per heavy atom. The van der Waals surface area contributed by atoms with Gasteiger partial charge in [0.2, 0.25) is 11.8 Å². The molecule has 94 valence electrons. The Hall–Kier alpha value is -1.63. The molecule has 1 unspecified atom stereocenters. The molecule has 7 heteroatoms. The number of anilines is 1. The van der Waals surface area contributed by atoms with Crippen LogP contribution in [-0.4, -0.2) is 36.2 Å². The van der Waals surface area contributed by atoms with E-state index in [1.165, 1.54) is 0 Å². The van der Waals surface area contributed by atoms with Crippen molar-refractivity contribution in [2.45, 2.75) is 19.9 Å². The minimum Gasteiger partial charge on any atom is -0.407 e. The Balaban J connectivity index is 2.07. The molecule has 2 rings (SSSR count). The maximum Gasteiger partial charge on any atom is 0.318 e. The first-order chi connectivity index (χ1) is 8.05. The van der Waals surface area contributed by atoms with Gasteiger partial charge in [0.05, 0.1) is 12.0 Å². The number of nitrogens with zero attached hydrogens (tertiary/aromatic N) is 3. The number of carbonyl (C=O) groups excluding carboxylic acids is 1. The molecular weight excluding hydrogens is 222 g/mol. The number of nitrogens with two attached hydrogens (primary N) is 1. The van der Waals surface area contributed by atoms with Gasteiger partial charge >= 0.3 is 6.01 Å². The zero-order valence-corrected chi connectivity index (χ0v) is 10.1. The second-order valence-electron chi connectivity index (χ2n) is 4.61. The van der Waals surface area contributed by atoms with Gasteiger partial charge in [0, 0.05) is 13.1 Å². The van der Waals surface area contributed by atoms with E-state index >= 15 is 0 Å². The Morgan fingerprint density at radius 1 is 1.65 bits per heavy atom. The van der Waals surface area contributed by atoms with Gasteiger partial charge in [-0.2, -0.15) is 0 Å². The third-order valence-electron chi connectivity index (χ3n) is 3.12. The molecule has 7 nitrogen and oxygen atoms in total. The maximum absolute atomic E-state index is 11.3. The Labute approximate surface area is 99.4 Å². The second kappa shape index (κ2) is 4.33. The molecule has 1 amide bonds. The van der Waals surface area contributed by atoms with Crippen molar-refractivity contribution in [2.75, 3.05) is 25.0 Å². The number of carbonyl (C=O) groups is 1. The van der Waals surface area contributed by atoms with Crippen LogP contribution in [0.5, 0.6) is 0 Å². The summed E-state index contributed by atoms with van der Waals surface area (Å²) in [5, 5.41) is 10.8. The van der Waals surface area contributed by atoms with E-state index in [4.69, 9.17) is 10.2 Å². The van der Waals surface area contributed by atoms with Gasteiger partial charge in [-0.25, -0.2) is 0 Å². The Bertz CT molecular complexity index is 419. The fourth-order valence-corrected chi connectivity index (χ4v) is 1.92. The van der Waals surface area contributed by atoms with Crippen LogP contribution in [0.2, 0.25) is 0 Å². The average molecular weight is 239 g/mol. The van der Waals surface area contributed by atoms with E-state index in [2.05, 4.69) is 15.5 Å². The van der Waals surface area contributed by atoms with Crippen LogP contribution >= 0.6 is 0 Å². The number of primary amides is 1. The summed E-state index contributed by atoms with van der Waals surface area (Å²) in [5.41, 5.74) is 4.88. The summed E-state index contributed by atoms with van der Waals surface area (Å²) in [6.45, 7) is 3.64. The van der Waals surface area contributed by atoms with E-state index in [1.54, 1.807) is 0 Å². The molecule has 1 aliphatic heterocycles. The van der Waals surface area contributed by atoms with Gasteiger partial charge in [-0.15, -0.1) is 5.10 Å². The topological polar surface area (TPSA) is 97.3 Å². The summed E-state index contributed by atoms with van der Waals surface area (Å²) in [6.07, 6.45) is 0.714. The number of rotatable bonds is 4. The predicted octanol–water partition coefficient (Wildman–Crippen LogP) is -0.509. The lowest BCUT2D eigenvalue weighted by atomic mass is 9.89. The number of hydrogen-bond acceptors (Lipinski definition) is 6. The van der Waals surface area contributed by atoms with Crippen LogP contribution in [0.15, 0.2) is 4.42 Å². The highest BCUT2D eigenvalue weighted by atomic mass is 16.4. The highest BCUT2D eigenvalue weighted by Crippen LogP contribution is 2.32. The van der Waals surface area contributed by atoms with E-state index in [9.17, 15) is 4.79 Å². The predicted molar refractivity (Wildman–Crippen MR) is 61.2 cm³/mol. The third-order valence-corrected chi connectivity index (χ3v) is 3.12. The summed E-state index contributed by atoms with van der Waals surface area (Å²) >= 11 is 0. The monoisotopic (exact) mass is 239 g/mol. The molecule has 17 heavy (non-hydrogen) atoms. The zero-order chi connectivity index (χ0) is 12.5. The molecule has 1 fully saturated rings. The number of hydrogen-bond donors (Lipinski definition) is 2. The van der Waals surface area contributed by atoms with Crippen molar-refractivity contribution in [3.8, 4) is 0 Å². The van der Waals surface area contributed by atoms with Gasteiger partial charge in [0.15, 0.2) is 0 Å². The molecule has 1 saturated heterocycles. The molecule has 0 radical (unpaired) electrons. The normalized spacial score (nSPS) is 24.2. The highest BCUT2D eigenvalue weighted by molar-refractivity contribution is 5.81. The van der Waals surface area contributed by atoms with Gasteiger partial charge < -0.3 is 20.4 Å². The van der Waals surface area contributed by atoms with Crippen LogP contribution in [-0.2, 0) is 11.3 Å². The van der Waals surface area contributed by atoms with E-state index in [-0.39, 0.29) is 5.91 Å². The van der Waals surface area contributed by atoms with Crippen molar-refractivity contribution in [3.63, 3.8) is 0 Å². The molecule has 1 atom stereocenters. The largest absolute Gasteiger partial charge is 0.407 e. The lowest BCUT2D eigenvalue weighted by Crippen LogP contribution is -2.37. The van der Waals surface area contributed by atoms with Crippen molar-refractivity contribution in [3.05, 3.63) is 5.89 Å². The van der Waals surface area contributed by atoms with Gasteiger partial charge in [0.1, 0.15) is 0 Å². The molecule has 1 aromatic heterocycles. The average Bonchev–Trinajstić information content (AvgIpc) is 2.86. The number of nitrogens with one attached hydrogen (secondary N) is 1. The van der Waals surface area contributed by atoms with Crippen molar-refractivity contribution >= 4 is 11.9 Å². The van der Waals surface area contributed by atoms with Gasteiger partial charge in [-0.3, -0.25) is 4.79 Å². The fourth-order valence-electron chi connectivity index (χ4n) is 1.92. The zero-order valence-electron chi connectivity index (χ0n) is 10.1. The maximum atomic E-state index is 11.3. The molecule has 1 aliphatic rings. The Kier molecular flexibility index (Phi) is 3.01. The standard InChI is InChI=1S/C10H17N5O2/c1-10(8(11)16)3-4-15(6-10)9-14-13-7(17-9)5-12-2/h12H,3-6H2,1-2H3,(H2,11,16). The van der Waals surface area contributed by atoms with Crippen LogP contribution in [0.25, 0.3) is 0 Å². The van der Waals surface area contributed by atoms with Crippen molar-refractivity contribution in [1.29, 1.82) is 0 Å². The summed E-state index contributed by atoms with van der Waals surface area (Å²) in [4.78, 5) is 13.2. The molecule has 2 heterocycles. The number of amides is 1. The van der Waals surface area contributed by atoms with Crippen LogP contribution in [0.4, 0.5) is 6.01 Å². The lowest BCUT2D eigenvalue weighted by Gasteiger charge is -2.19. The van der Waals surface area contributed by atoms with Crippen LogP contribution < -0.4 is 16.0 Å². The van der Waals surface area contributed by atoms with Gasteiger partial charge in [-0.05, 0) is 20.4 Å². The minimum atomic E-state index is -0.502. The van der Waals surface area contributed by atoms with Gasteiger partial charge in [-0.1, -0.05) is 5.10 Å². The summed E-state index contributed by atoms with van der Waals surface area (Å²) in [5.74, 6) is 0.255. The number of aromatic nitrogens is 2. The smallest absolute Gasteiger partial charge is 0.318 e. The second-order valence-corrected chi connectivity index (χ2v) is 4.61. The molecule has 0 bridgehead atoms. The van der Waals surface area contributed by atoms with Crippen molar-refractivity contribution < 1.29 is 9.21 Å². The van der Waals surface area contributed by atoms with Crippen molar-refractivity contribution in [2.24, 2.45) is 11.1 Å². The first kappa shape index (κ1) is 11.8. The highest BCUT2D eigenvalue weighted by Gasteiger charge is 2.40. The fraction of sp³-hybridized carbons (Fsp3) is 0.700. The van der Waals surface area contributed by atoms with E-state index < -0.39 is 5.41 Å². The molecule has 0 aromatic carbocycles. The molecular formula is C10H17N5O2. The first-order valence-electron chi connectivity index (χ1n) is 5.57. The molecule has 0 aliphatic carbocycles. The van der Waals surface area contributed by atoms with Crippen LogP contribution in [0.1, 0.15) is 19.2 Å². The molecule has 3 N–H and O–H groups in total. The van der Waals surface area contributed by atoms with Crippen LogP contribution in [0.3, 0.4) is 0 Å². The first-order valence-corrected chi connectivity index (χ1v) is 5.57. The van der Waals surface area contributed by atoms with Gasteiger partial charge in [0.25, 0.3) is 0 Å². The summed E-state index contributed by atoms with van der Waals surface area (Å²) < 4.78 is 5.47. The summed E-state index contributed by atoms with van der Waals surface area (Å²) in [7, 11) is 1.81. The quantitative estimate of drug-likeness (QED) is 0.734. The summed E-state index contributed by atoms with van der Waals surface area (Å²) in [6, 6.07) is 0.459. The lowest BCUT2D eigenvalue weighted by molar-refractivity contribution is -0.125. The minimum absolute atomic E-state index is 0.282. The SMILES string of the molecule is CNCc1nnc(N2CCC(C)(C(N)=O)C2)o1. The van der Waals surface area contributed by atoms with E-state index in [0.717, 1.165) is 0 Å². The van der Waals surface area contributed by atoms with E-state index in [1.807, 2.05) is 18.9 Å².